The average Bonchev–Trinajstić information content (AvgIpc) is 1.95. The van der Waals surface area contributed by atoms with Crippen molar-refractivity contribution >= 4 is 21.6 Å². The zero-order valence-electron chi connectivity index (χ0n) is 5.34. The highest BCUT2D eigenvalue weighted by Crippen LogP contribution is 2.23. The molecule has 0 heterocycles. The van der Waals surface area contributed by atoms with Crippen LogP contribution in [0.25, 0.3) is 0 Å². The number of hydrogen-bond acceptors (Lipinski definition) is 2. The molecule has 0 aliphatic carbocycles. The second kappa shape index (κ2) is 3.03. The van der Waals surface area contributed by atoms with Crippen LogP contribution in [0.2, 0.25) is 0 Å². The van der Waals surface area contributed by atoms with Gasteiger partial charge in [-0.2, -0.15) is 0 Å². The number of benzene rings is 1. The summed E-state index contributed by atoms with van der Waals surface area (Å²) in [7, 11) is 0. The Morgan fingerprint density at radius 1 is 1.50 bits per heavy atom. The van der Waals surface area contributed by atoms with Crippen LogP contribution in [0.1, 0.15) is 5.56 Å². The Hall–Kier alpha value is -0.540. The van der Waals surface area contributed by atoms with Gasteiger partial charge >= 0.3 is 0 Å². The number of aliphatic hydroxyl groups excluding tert-OH is 1. The van der Waals surface area contributed by atoms with Crippen LogP contribution in [0, 0.1) is 0 Å². The van der Waals surface area contributed by atoms with E-state index in [2.05, 4.69) is 15.9 Å². The van der Waals surface area contributed by atoms with Crippen molar-refractivity contribution in [2.45, 2.75) is 6.61 Å². The van der Waals surface area contributed by atoms with E-state index >= 15 is 0 Å². The standard InChI is InChI=1S/C7H8BrNO/c8-7-5(4-10)2-1-3-6(7)9/h1-3,10H,4,9H2. The van der Waals surface area contributed by atoms with Gasteiger partial charge in [0.2, 0.25) is 0 Å². The molecule has 54 valence electrons. The summed E-state index contributed by atoms with van der Waals surface area (Å²) in [5, 5.41) is 8.76. The molecule has 1 aromatic rings. The number of halogens is 1. The van der Waals surface area contributed by atoms with Gasteiger partial charge in [-0.3, -0.25) is 0 Å². The zero-order chi connectivity index (χ0) is 7.56. The van der Waals surface area contributed by atoms with Gasteiger partial charge in [-0.05, 0) is 27.6 Å². The first kappa shape index (κ1) is 7.57. The summed E-state index contributed by atoms with van der Waals surface area (Å²) in [4.78, 5) is 0. The molecule has 3 heteroatoms. The third kappa shape index (κ3) is 1.30. The normalized spacial score (nSPS) is 9.80. The topological polar surface area (TPSA) is 46.2 Å². The molecule has 10 heavy (non-hydrogen) atoms. The van der Waals surface area contributed by atoms with Crippen molar-refractivity contribution in [3.63, 3.8) is 0 Å². The lowest BCUT2D eigenvalue weighted by Crippen LogP contribution is -1.91. The summed E-state index contributed by atoms with van der Waals surface area (Å²) in [6.07, 6.45) is 0. The van der Waals surface area contributed by atoms with Crippen LogP contribution in [0.15, 0.2) is 22.7 Å². The quantitative estimate of drug-likeness (QED) is 0.678. The van der Waals surface area contributed by atoms with E-state index in [1.54, 1.807) is 6.07 Å². The smallest absolute Gasteiger partial charge is 0.0693 e. The molecular weight excluding hydrogens is 194 g/mol. The van der Waals surface area contributed by atoms with Crippen molar-refractivity contribution in [3.05, 3.63) is 28.2 Å². The molecule has 0 amide bonds. The van der Waals surface area contributed by atoms with Crippen LogP contribution in [0.5, 0.6) is 0 Å². The third-order valence-electron chi connectivity index (χ3n) is 1.28. The highest BCUT2D eigenvalue weighted by Gasteiger charge is 1.99. The average molecular weight is 202 g/mol. The highest BCUT2D eigenvalue weighted by molar-refractivity contribution is 9.10. The van der Waals surface area contributed by atoms with Crippen LogP contribution in [0.4, 0.5) is 5.69 Å². The van der Waals surface area contributed by atoms with E-state index in [1.165, 1.54) is 0 Å². The minimum absolute atomic E-state index is 0.0195. The first-order chi connectivity index (χ1) is 4.75. The molecule has 0 radical (unpaired) electrons. The van der Waals surface area contributed by atoms with Crippen molar-refractivity contribution in [1.29, 1.82) is 0 Å². The van der Waals surface area contributed by atoms with E-state index in [1.807, 2.05) is 12.1 Å². The van der Waals surface area contributed by atoms with E-state index in [0.717, 1.165) is 10.0 Å². The fourth-order valence-corrected chi connectivity index (χ4v) is 1.11. The molecule has 0 unspecified atom stereocenters. The lowest BCUT2D eigenvalue weighted by Gasteiger charge is -2.01. The SMILES string of the molecule is Nc1cccc(CO)c1Br. The fraction of sp³-hybridized carbons (Fsp3) is 0.143. The van der Waals surface area contributed by atoms with Gasteiger partial charge in [0.15, 0.2) is 0 Å². The summed E-state index contributed by atoms with van der Waals surface area (Å²) in [6, 6.07) is 5.41. The summed E-state index contributed by atoms with van der Waals surface area (Å²) < 4.78 is 0.789. The molecule has 0 bridgehead atoms. The van der Waals surface area contributed by atoms with E-state index in [9.17, 15) is 0 Å². The predicted molar refractivity (Wildman–Crippen MR) is 44.5 cm³/mol. The van der Waals surface area contributed by atoms with Gasteiger partial charge in [0.05, 0.1) is 6.61 Å². The number of nitrogen functional groups attached to an aromatic ring is 1. The predicted octanol–water partition coefficient (Wildman–Crippen LogP) is 1.52. The van der Waals surface area contributed by atoms with Gasteiger partial charge in [-0.1, -0.05) is 12.1 Å². The molecule has 0 atom stereocenters. The molecule has 0 aliphatic rings. The molecule has 0 aliphatic heterocycles. The minimum atomic E-state index is 0.0195. The highest BCUT2D eigenvalue weighted by atomic mass is 79.9. The Balaban J connectivity index is 3.14. The van der Waals surface area contributed by atoms with Gasteiger partial charge in [0.25, 0.3) is 0 Å². The van der Waals surface area contributed by atoms with Gasteiger partial charge in [0.1, 0.15) is 0 Å². The van der Waals surface area contributed by atoms with Crippen molar-refractivity contribution in [3.8, 4) is 0 Å². The van der Waals surface area contributed by atoms with Crippen LogP contribution >= 0.6 is 15.9 Å². The maximum atomic E-state index is 8.76. The molecule has 1 rings (SSSR count). The van der Waals surface area contributed by atoms with Crippen LogP contribution in [0.3, 0.4) is 0 Å². The molecule has 0 saturated heterocycles. The fourth-order valence-electron chi connectivity index (χ4n) is 0.722. The lowest BCUT2D eigenvalue weighted by molar-refractivity contribution is 0.281. The molecule has 0 aromatic heterocycles. The van der Waals surface area contributed by atoms with Gasteiger partial charge in [-0.15, -0.1) is 0 Å². The third-order valence-corrected chi connectivity index (χ3v) is 2.25. The van der Waals surface area contributed by atoms with Crippen molar-refractivity contribution in [2.75, 3.05) is 5.73 Å². The van der Waals surface area contributed by atoms with Crippen LogP contribution in [-0.2, 0) is 6.61 Å². The minimum Gasteiger partial charge on any atom is -0.398 e. The van der Waals surface area contributed by atoms with E-state index < -0.39 is 0 Å². The second-order valence-electron chi connectivity index (χ2n) is 1.98. The number of nitrogens with two attached hydrogens (primary N) is 1. The maximum absolute atomic E-state index is 8.76. The van der Waals surface area contributed by atoms with Crippen molar-refractivity contribution in [2.24, 2.45) is 0 Å². The Morgan fingerprint density at radius 2 is 2.20 bits per heavy atom. The summed E-state index contributed by atoms with van der Waals surface area (Å²) in [5.74, 6) is 0. The van der Waals surface area contributed by atoms with E-state index in [-0.39, 0.29) is 6.61 Å². The number of rotatable bonds is 1. The van der Waals surface area contributed by atoms with Crippen LogP contribution in [-0.4, -0.2) is 5.11 Å². The molecule has 3 N–H and O–H groups in total. The largest absolute Gasteiger partial charge is 0.398 e. The summed E-state index contributed by atoms with van der Waals surface area (Å²) >= 11 is 3.26. The van der Waals surface area contributed by atoms with Crippen molar-refractivity contribution < 1.29 is 5.11 Å². The first-order valence-electron chi connectivity index (χ1n) is 2.89. The summed E-state index contributed by atoms with van der Waals surface area (Å²) in [5.41, 5.74) is 7.02. The maximum Gasteiger partial charge on any atom is 0.0693 e. The molecule has 0 saturated carbocycles. The van der Waals surface area contributed by atoms with Crippen molar-refractivity contribution in [1.82, 2.24) is 0 Å². The molecule has 2 nitrogen and oxygen atoms in total. The molecule has 0 fully saturated rings. The number of hydrogen-bond donors (Lipinski definition) is 2. The second-order valence-corrected chi connectivity index (χ2v) is 2.77. The molecule has 1 aromatic carbocycles. The van der Waals surface area contributed by atoms with E-state index in [0.29, 0.717) is 5.69 Å². The van der Waals surface area contributed by atoms with Gasteiger partial charge < -0.3 is 10.8 Å². The monoisotopic (exact) mass is 201 g/mol. The zero-order valence-corrected chi connectivity index (χ0v) is 6.93. The molecular formula is C7H8BrNO. The van der Waals surface area contributed by atoms with E-state index in [4.69, 9.17) is 10.8 Å². The van der Waals surface area contributed by atoms with Crippen LogP contribution < -0.4 is 5.73 Å². The Labute approximate surface area is 67.8 Å². The number of anilines is 1. The molecule has 0 spiro atoms. The summed E-state index contributed by atoms with van der Waals surface area (Å²) in [6.45, 7) is 0.0195. The Bertz CT molecular complexity index is 237. The van der Waals surface area contributed by atoms with Gasteiger partial charge in [-0.25, -0.2) is 0 Å². The lowest BCUT2D eigenvalue weighted by atomic mass is 10.2. The Morgan fingerprint density at radius 3 is 2.70 bits per heavy atom. The number of aliphatic hydroxyl groups is 1. The first-order valence-corrected chi connectivity index (χ1v) is 3.68. The Kier molecular flexibility index (Phi) is 2.29. The van der Waals surface area contributed by atoms with Gasteiger partial charge in [0, 0.05) is 10.2 Å².